The Balaban J connectivity index is 2.69. The van der Waals surface area contributed by atoms with Gasteiger partial charge in [-0.2, -0.15) is 0 Å². The van der Waals surface area contributed by atoms with Crippen LogP contribution in [0.1, 0.15) is 12.0 Å². The van der Waals surface area contributed by atoms with Crippen molar-refractivity contribution in [2.45, 2.75) is 12.5 Å². The number of rotatable bonds is 6. The Bertz CT molecular complexity index is 557. The van der Waals surface area contributed by atoms with Gasteiger partial charge in [0.2, 0.25) is 5.91 Å². The second-order valence-corrected chi connectivity index (χ2v) is 4.34. The van der Waals surface area contributed by atoms with Gasteiger partial charge in [0.25, 0.3) is 0 Å². The normalized spacial score (nSPS) is 12.1. The summed E-state index contributed by atoms with van der Waals surface area (Å²) in [6.07, 6.45) is 4.09. The maximum absolute atomic E-state index is 12.9. The van der Waals surface area contributed by atoms with Crippen LogP contribution in [0.2, 0.25) is 5.02 Å². The van der Waals surface area contributed by atoms with Crippen molar-refractivity contribution in [3.8, 4) is 0 Å². The van der Waals surface area contributed by atoms with Gasteiger partial charge < -0.3 is 10.4 Å². The first-order valence-corrected chi connectivity index (χ1v) is 6.09. The smallest absolute Gasteiger partial charge is 0.326 e. The molecule has 6 heteroatoms. The van der Waals surface area contributed by atoms with Crippen molar-refractivity contribution in [3.63, 3.8) is 0 Å². The van der Waals surface area contributed by atoms with Crippen LogP contribution in [-0.2, 0) is 9.59 Å². The summed E-state index contributed by atoms with van der Waals surface area (Å²) in [5, 5.41) is 11.1. The number of hydrogen-bond acceptors (Lipinski definition) is 2. The van der Waals surface area contributed by atoms with E-state index in [4.69, 9.17) is 16.7 Å². The van der Waals surface area contributed by atoms with E-state index in [2.05, 4.69) is 11.9 Å². The number of hydrogen-bond donors (Lipinski definition) is 2. The summed E-state index contributed by atoms with van der Waals surface area (Å²) >= 11 is 5.60. The van der Waals surface area contributed by atoms with E-state index in [0.29, 0.717) is 5.56 Å². The Morgan fingerprint density at radius 3 is 2.75 bits per heavy atom. The van der Waals surface area contributed by atoms with Crippen LogP contribution in [0.5, 0.6) is 0 Å². The zero-order valence-electron chi connectivity index (χ0n) is 10.5. The highest BCUT2D eigenvalue weighted by Crippen LogP contribution is 2.16. The first kappa shape index (κ1) is 15.9. The lowest BCUT2D eigenvalue weighted by Gasteiger charge is -2.10. The van der Waals surface area contributed by atoms with Gasteiger partial charge in [-0.05, 0) is 30.2 Å². The first-order chi connectivity index (χ1) is 9.43. The Hall–Kier alpha value is -2.14. The van der Waals surface area contributed by atoms with Crippen LogP contribution in [0.4, 0.5) is 4.39 Å². The van der Waals surface area contributed by atoms with E-state index in [1.807, 2.05) is 0 Å². The van der Waals surface area contributed by atoms with Crippen molar-refractivity contribution in [1.29, 1.82) is 0 Å². The van der Waals surface area contributed by atoms with Gasteiger partial charge in [0, 0.05) is 6.08 Å². The summed E-state index contributed by atoms with van der Waals surface area (Å²) in [5.74, 6) is -2.26. The highest BCUT2D eigenvalue weighted by molar-refractivity contribution is 6.30. The van der Waals surface area contributed by atoms with E-state index in [1.54, 1.807) is 0 Å². The molecular formula is C14H13ClFNO3. The summed E-state index contributed by atoms with van der Waals surface area (Å²) in [6.45, 7) is 3.42. The van der Waals surface area contributed by atoms with Crippen molar-refractivity contribution in [3.05, 3.63) is 53.3 Å². The Morgan fingerprint density at radius 2 is 2.20 bits per heavy atom. The van der Waals surface area contributed by atoms with Gasteiger partial charge in [0.1, 0.15) is 11.9 Å². The predicted molar refractivity (Wildman–Crippen MR) is 74.8 cm³/mol. The summed E-state index contributed by atoms with van der Waals surface area (Å²) in [6, 6.07) is 2.96. The molecule has 0 saturated carbocycles. The van der Waals surface area contributed by atoms with Crippen molar-refractivity contribution >= 4 is 29.6 Å². The van der Waals surface area contributed by atoms with Crippen LogP contribution in [-0.4, -0.2) is 23.0 Å². The molecule has 1 rings (SSSR count). The molecule has 0 aromatic heterocycles. The molecule has 4 nitrogen and oxygen atoms in total. The fourth-order valence-corrected chi connectivity index (χ4v) is 1.58. The van der Waals surface area contributed by atoms with Crippen LogP contribution < -0.4 is 5.32 Å². The van der Waals surface area contributed by atoms with Crippen LogP contribution in [0.15, 0.2) is 36.9 Å². The fraction of sp³-hybridized carbons (Fsp3) is 0.143. The van der Waals surface area contributed by atoms with Crippen LogP contribution in [0.3, 0.4) is 0 Å². The molecule has 1 amide bonds. The Labute approximate surface area is 120 Å². The number of benzene rings is 1. The molecule has 106 valence electrons. The van der Waals surface area contributed by atoms with Crippen molar-refractivity contribution < 1.29 is 19.1 Å². The van der Waals surface area contributed by atoms with Crippen molar-refractivity contribution in [2.24, 2.45) is 0 Å². The van der Waals surface area contributed by atoms with E-state index in [0.717, 1.165) is 6.08 Å². The lowest BCUT2D eigenvalue weighted by molar-refractivity contribution is -0.141. The molecule has 1 aromatic rings. The molecule has 0 aliphatic carbocycles. The lowest BCUT2D eigenvalue weighted by Crippen LogP contribution is -2.39. The second kappa shape index (κ2) is 7.45. The average molecular weight is 298 g/mol. The van der Waals surface area contributed by atoms with Gasteiger partial charge >= 0.3 is 5.97 Å². The molecule has 0 heterocycles. The number of carboxylic acids is 1. The molecule has 0 aliphatic heterocycles. The van der Waals surface area contributed by atoms with Gasteiger partial charge in [-0.1, -0.05) is 23.7 Å². The molecule has 20 heavy (non-hydrogen) atoms. The molecular weight excluding hydrogens is 285 g/mol. The number of aliphatic carboxylic acids is 1. The molecule has 0 fully saturated rings. The van der Waals surface area contributed by atoms with E-state index in [1.165, 1.54) is 30.4 Å². The molecule has 1 atom stereocenters. The largest absolute Gasteiger partial charge is 0.480 e. The van der Waals surface area contributed by atoms with Gasteiger partial charge in [-0.3, -0.25) is 4.79 Å². The van der Waals surface area contributed by atoms with E-state index in [-0.39, 0.29) is 11.4 Å². The monoisotopic (exact) mass is 297 g/mol. The summed E-state index contributed by atoms with van der Waals surface area (Å²) in [5.41, 5.74) is 0.530. The van der Waals surface area contributed by atoms with Gasteiger partial charge in [-0.15, -0.1) is 6.58 Å². The third kappa shape index (κ3) is 4.85. The zero-order valence-corrected chi connectivity index (χ0v) is 11.2. The van der Waals surface area contributed by atoms with E-state index < -0.39 is 23.7 Å². The predicted octanol–water partition coefficient (Wildman–Crippen LogP) is 2.64. The number of carboxylic acid groups (broad SMARTS) is 1. The highest BCUT2D eigenvalue weighted by Gasteiger charge is 2.16. The third-order valence-electron chi connectivity index (χ3n) is 2.39. The van der Waals surface area contributed by atoms with Crippen molar-refractivity contribution in [2.75, 3.05) is 0 Å². The number of carbonyl (C=O) groups is 2. The number of carbonyl (C=O) groups excluding carboxylic acids is 1. The summed E-state index contributed by atoms with van der Waals surface area (Å²) in [7, 11) is 0. The van der Waals surface area contributed by atoms with Crippen molar-refractivity contribution in [1.82, 2.24) is 5.32 Å². The zero-order chi connectivity index (χ0) is 15.1. The lowest BCUT2D eigenvalue weighted by atomic mass is 10.2. The van der Waals surface area contributed by atoms with Gasteiger partial charge in [0.05, 0.1) is 5.02 Å². The minimum Gasteiger partial charge on any atom is -0.480 e. The molecule has 0 bridgehead atoms. The maximum atomic E-state index is 12.9. The molecule has 0 spiro atoms. The Morgan fingerprint density at radius 1 is 1.50 bits per heavy atom. The Kier molecular flexibility index (Phi) is 5.93. The van der Waals surface area contributed by atoms with Crippen LogP contribution in [0, 0.1) is 5.82 Å². The molecule has 0 saturated heterocycles. The molecule has 1 aromatic carbocycles. The minimum absolute atomic E-state index is 0.0531. The second-order valence-electron chi connectivity index (χ2n) is 3.93. The quantitative estimate of drug-likeness (QED) is 0.626. The minimum atomic E-state index is -1.14. The van der Waals surface area contributed by atoms with E-state index >= 15 is 0 Å². The maximum Gasteiger partial charge on any atom is 0.326 e. The highest BCUT2D eigenvalue weighted by atomic mass is 35.5. The molecule has 0 aliphatic rings. The van der Waals surface area contributed by atoms with Gasteiger partial charge in [-0.25, -0.2) is 9.18 Å². The van der Waals surface area contributed by atoms with Crippen LogP contribution >= 0.6 is 11.6 Å². The van der Waals surface area contributed by atoms with Gasteiger partial charge in [0.15, 0.2) is 0 Å². The van der Waals surface area contributed by atoms with Crippen LogP contribution in [0.25, 0.3) is 6.08 Å². The topological polar surface area (TPSA) is 66.4 Å². The summed E-state index contributed by atoms with van der Waals surface area (Å²) < 4.78 is 12.9. The fourth-order valence-electron chi connectivity index (χ4n) is 1.40. The molecule has 2 N–H and O–H groups in total. The first-order valence-electron chi connectivity index (χ1n) is 5.71. The summed E-state index contributed by atoms with van der Waals surface area (Å²) in [4.78, 5) is 22.4. The molecule has 0 radical (unpaired) electrons. The number of halogens is 2. The average Bonchev–Trinajstić information content (AvgIpc) is 2.39. The number of amides is 1. The van der Waals surface area contributed by atoms with E-state index in [9.17, 15) is 14.0 Å². The third-order valence-corrected chi connectivity index (χ3v) is 2.68. The standard InChI is InChI=1S/C14H13ClFNO3/c1-2-3-12(14(19)20)17-13(18)7-5-9-4-6-11(16)10(15)8-9/h2,4-8,12H,1,3H2,(H,17,18)(H,19,20)/b7-5+. The SMILES string of the molecule is C=CCC(NC(=O)/C=C/c1ccc(F)c(Cl)c1)C(=O)O. The molecule has 1 unspecified atom stereocenters. The number of nitrogens with one attached hydrogen (secondary N) is 1.